The van der Waals surface area contributed by atoms with Crippen molar-refractivity contribution in [3.63, 3.8) is 0 Å². The van der Waals surface area contributed by atoms with Crippen LogP contribution in [0.25, 0.3) is 0 Å². The third-order valence-corrected chi connectivity index (χ3v) is 2.52. The second kappa shape index (κ2) is 6.63. The Kier molecular flexibility index (Phi) is 6.27. The number of phosphoric acid groups is 1. The molecule has 6 nitrogen and oxygen atoms in total. The van der Waals surface area contributed by atoms with E-state index in [2.05, 4.69) is 20.5 Å². The van der Waals surface area contributed by atoms with E-state index in [1.807, 2.05) is 24.3 Å². The maximum Gasteiger partial charge on any atom is 0.471 e. The molecule has 7 heteroatoms. The van der Waals surface area contributed by atoms with E-state index in [4.69, 9.17) is 4.89 Å². The smallest absolute Gasteiger partial charge is 0.361 e. The molecular formula is C8H17N2O4P. The molecule has 0 amide bonds. The molecular weight excluding hydrogens is 219 g/mol. The molecule has 1 heterocycles. The molecule has 0 radical (unpaired) electrons. The topological polar surface area (TPSA) is 62.2 Å². The first-order chi connectivity index (χ1) is 6.95. The highest BCUT2D eigenvalue weighted by atomic mass is 31.2. The minimum Gasteiger partial charge on any atom is -0.361 e. The molecule has 0 aromatic carbocycles. The first-order valence-corrected chi connectivity index (χ1v) is 5.66. The van der Waals surface area contributed by atoms with Crippen LogP contribution in [0.15, 0.2) is 25.2 Å². The number of phosphoric ester groups is 1. The van der Waals surface area contributed by atoms with E-state index < -0.39 is 7.82 Å². The van der Waals surface area contributed by atoms with Gasteiger partial charge in [0.15, 0.2) is 0 Å². The van der Waals surface area contributed by atoms with Crippen molar-refractivity contribution in [1.82, 2.24) is 9.80 Å². The minimum absolute atomic E-state index is 0.934. The zero-order valence-corrected chi connectivity index (χ0v) is 10.1. The van der Waals surface area contributed by atoms with Gasteiger partial charge in [-0.3, -0.25) is 9.05 Å². The summed E-state index contributed by atoms with van der Waals surface area (Å²) in [5, 5.41) is 0. The van der Waals surface area contributed by atoms with Crippen molar-refractivity contribution in [3.05, 3.63) is 25.2 Å². The summed E-state index contributed by atoms with van der Waals surface area (Å²) in [5.74, 6) is 0. The molecule has 0 spiro atoms. The highest BCUT2D eigenvalue weighted by Crippen LogP contribution is 2.40. The van der Waals surface area contributed by atoms with Gasteiger partial charge in [-0.2, -0.15) is 0 Å². The Balaban J connectivity index is 0.000000265. The molecule has 0 aromatic rings. The van der Waals surface area contributed by atoms with Crippen molar-refractivity contribution < 1.29 is 18.5 Å². The highest BCUT2D eigenvalue weighted by Gasteiger charge is 2.13. The second-order valence-corrected chi connectivity index (χ2v) is 4.39. The van der Waals surface area contributed by atoms with E-state index in [9.17, 15) is 4.57 Å². The van der Waals surface area contributed by atoms with Crippen LogP contribution in [0.5, 0.6) is 0 Å². The van der Waals surface area contributed by atoms with Gasteiger partial charge in [0.2, 0.25) is 0 Å². The highest BCUT2D eigenvalue weighted by molar-refractivity contribution is 7.47. The molecule has 1 N–H and O–H groups in total. The number of hydrogen-bond acceptors (Lipinski definition) is 5. The van der Waals surface area contributed by atoms with E-state index in [1.54, 1.807) is 6.20 Å². The lowest BCUT2D eigenvalue weighted by molar-refractivity contribution is 0.204. The van der Waals surface area contributed by atoms with Crippen LogP contribution in [0.3, 0.4) is 0 Å². The monoisotopic (exact) mass is 236 g/mol. The van der Waals surface area contributed by atoms with Gasteiger partial charge in [-0.15, -0.1) is 0 Å². The molecule has 15 heavy (non-hydrogen) atoms. The van der Waals surface area contributed by atoms with Gasteiger partial charge < -0.3 is 14.7 Å². The largest absolute Gasteiger partial charge is 0.471 e. The second-order valence-electron chi connectivity index (χ2n) is 2.73. The zero-order valence-electron chi connectivity index (χ0n) is 9.16. The molecule has 0 atom stereocenters. The van der Waals surface area contributed by atoms with Crippen LogP contribution in [0.1, 0.15) is 0 Å². The average Bonchev–Trinajstić information content (AvgIpc) is 2.65. The van der Waals surface area contributed by atoms with E-state index in [-0.39, 0.29) is 0 Å². The number of hydrogen-bond donors (Lipinski definition) is 1. The molecule has 0 aromatic heterocycles. The summed E-state index contributed by atoms with van der Waals surface area (Å²) in [7, 11) is 0.576. The normalized spacial score (nSPS) is 14.9. The summed E-state index contributed by atoms with van der Waals surface area (Å²) < 4.78 is 18.0. The van der Waals surface area contributed by atoms with E-state index >= 15 is 0 Å². The van der Waals surface area contributed by atoms with Crippen LogP contribution in [-0.4, -0.2) is 42.6 Å². The minimum atomic E-state index is -3.65. The van der Waals surface area contributed by atoms with Gasteiger partial charge in [0, 0.05) is 33.7 Å². The van der Waals surface area contributed by atoms with Crippen molar-refractivity contribution in [2.45, 2.75) is 0 Å². The zero-order chi connectivity index (χ0) is 11.9. The Morgan fingerprint density at radius 3 is 2.13 bits per heavy atom. The van der Waals surface area contributed by atoms with Gasteiger partial charge >= 0.3 is 7.82 Å². The molecule has 1 aliphatic heterocycles. The van der Waals surface area contributed by atoms with Crippen LogP contribution in [-0.2, 0) is 13.6 Å². The van der Waals surface area contributed by atoms with Crippen LogP contribution >= 0.6 is 7.82 Å². The van der Waals surface area contributed by atoms with Gasteiger partial charge in [-0.05, 0) is 6.20 Å². The van der Waals surface area contributed by atoms with Gasteiger partial charge in [-0.1, -0.05) is 6.58 Å². The predicted octanol–water partition coefficient (Wildman–Crippen LogP) is 1.19. The summed E-state index contributed by atoms with van der Waals surface area (Å²) in [4.78, 5) is 12.3. The Morgan fingerprint density at radius 1 is 1.47 bits per heavy atom. The molecule has 0 unspecified atom stereocenters. The summed E-state index contributed by atoms with van der Waals surface area (Å²) >= 11 is 0. The van der Waals surface area contributed by atoms with Crippen LogP contribution in [0.2, 0.25) is 0 Å². The fourth-order valence-electron chi connectivity index (χ4n) is 0.744. The first-order valence-electron chi connectivity index (χ1n) is 4.16. The summed E-state index contributed by atoms with van der Waals surface area (Å²) in [6.45, 7) is 4.56. The standard InChI is InChI=1S/C6H10N2.C2H7O4P/c1-3-8-5-4-7(2)6-8;1-5-7(3,4)6-2/h3-5H,1,6H2,2H3;1-2H3,(H,3,4). The van der Waals surface area contributed by atoms with Crippen molar-refractivity contribution >= 4 is 7.82 Å². The van der Waals surface area contributed by atoms with Crippen molar-refractivity contribution in [3.8, 4) is 0 Å². The van der Waals surface area contributed by atoms with Crippen LogP contribution in [0.4, 0.5) is 0 Å². The molecule has 0 bridgehead atoms. The lowest BCUT2D eigenvalue weighted by Gasteiger charge is -2.11. The van der Waals surface area contributed by atoms with Gasteiger partial charge in [0.1, 0.15) is 0 Å². The molecule has 1 rings (SSSR count). The third-order valence-electron chi connectivity index (χ3n) is 1.59. The van der Waals surface area contributed by atoms with Gasteiger partial charge in [0.05, 0.1) is 6.67 Å². The van der Waals surface area contributed by atoms with E-state index in [0.717, 1.165) is 20.9 Å². The maximum atomic E-state index is 10.1. The molecule has 1 aliphatic rings. The Labute approximate surface area is 90.0 Å². The maximum absolute atomic E-state index is 10.1. The molecule has 0 fully saturated rings. The van der Waals surface area contributed by atoms with Gasteiger partial charge in [0.25, 0.3) is 0 Å². The number of rotatable bonds is 3. The summed E-state index contributed by atoms with van der Waals surface area (Å²) in [5.41, 5.74) is 0. The fourth-order valence-corrected chi connectivity index (χ4v) is 0.893. The first kappa shape index (κ1) is 14.2. The molecule has 0 saturated heterocycles. The Bertz CT molecular complexity index is 261. The molecule has 88 valence electrons. The van der Waals surface area contributed by atoms with E-state index in [0.29, 0.717) is 0 Å². The lowest BCUT2D eigenvalue weighted by atomic mass is 10.8. The van der Waals surface area contributed by atoms with Crippen LogP contribution in [0, 0.1) is 0 Å². The SMILES string of the molecule is C=CN1C=CN(C)C1.COP(=O)(O)OC. The Morgan fingerprint density at radius 2 is 2.00 bits per heavy atom. The van der Waals surface area contributed by atoms with Gasteiger partial charge in [-0.25, -0.2) is 4.57 Å². The average molecular weight is 236 g/mol. The van der Waals surface area contributed by atoms with Crippen molar-refractivity contribution in [2.24, 2.45) is 0 Å². The molecule has 0 aliphatic carbocycles. The summed E-state index contributed by atoms with van der Waals surface area (Å²) in [6, 6.07) is 0. The quantitative estimate of drug-likeness (QED) is 0.742. The number of nitrogens with zero attached hydrogens (tertiary/aromatic N) is 2. The van der Waals surface area contributed by atoms with Crippen LogP contribution < -0.4 is 0 Å². The van der Waals surface area contributed by atoms with Crippen molar-refractivity contribution in [1.29, 1.82) is 0 Å². The van der Waals surface area contributed by atoms with E-state index in [1.165, 1.54) is 0 Å². The fraction of sp³-hybridized carbons (Fsp3) is 0.500. The molecule has 0 saturated carbocycles. The third kappa shape index (κ3) is 6.30. The lowest BCUT2D eigenvalue weighted by Crippen LogP contribution is -2.16. The predicted molar refractivity (Wildman–Crippen MR) is 57.6 cm³/mol. The summed E-state index contributed by atoms with van der Waals surface area (Å²) in [6.07, 6.45) is 5.81. The van der Waals surface area contributed by atoms with Crippen molar-refractivity contribution in [2.75, 3.05) is 27.9 Å². The Hall–Kier alpha value is -0.810.